The van der Waals surface area contributed by atoms with Gasteiger partial charge in [0, 0.05) is 19.4 Å². The normalized spacial score (nSPS) is 35.8. The first-order valence-electron chi connectivity index (χ1n) is 10.7. The van der Waals surface area contributed by atoms with E-state index in [1.165, 1.54) is 14.2 Å². The summed E-state index contributed by atoms with van der Waals surface area (Å²) in [4.78, 5) is 39.1. The lowest BCUT2D eigenvalue weighted by Crippen LogP contribution is -2.71. The third-order valence-corrected chi connectivity index (χ3v) is 6.38. The molecule has 0 unspecified atom stereocenters. The van der Waals surface area contributed by atoms with Crippen molar-refractivity contribution in [3.8, 4) is 0 Å². The number of methoxy groups -OCH3 is 2. The Labute approximate surface area is 182 Å². The molecule has 2 heterocycles. The SMILES string of the molecule is COC(=O)[C@]1([C@@H](OC(=O)OC(C)(C)C)[C@@H]2C=CCCC2)NC(=O)[C@@H]2C[C@H](OC)O[C@@]21C. The standard InChI is InChI=1S/C22H33NO8/c1-20(2,3)31-19(26)29-16(13-10-8-7-9-11-13)22(18(25)28-6)21(4)14(17(24)23-22)12-15(27-5)30-21/h8,10,13-16H,7,9,11-12H2,1-6H3,(H,23,24)/t13-,14+,15-,16+,21+,22+/m1/s1. The number of hydrogen-bond acceptors (Lipinski definition) is 8. The fraction of sp³-hybridized carbons (Fsp3) is 0.773. The van der Waals surface area contributed by atoms with E-state index in [2.05, 4.69) is 5.32 Å². The van der Waals surface area contributed by atoms with Crippen LogP contribution < -0.4 is 5.32 Å². The lowest BCUT2D eigenvalue weighted by atomic mass is 9.69. The summed E-state index contributed by atoms with van der Waals surface area (Å²) in [5.74, 6) is -2.13. The van der Waals surface area contributed by atoms with Crippen LogP contribution in [0.5, 0.6) is 0 Å². The maximum Gasteiger partial charge on any atom is 0.509 e. The van der Waals surface area contributed by atoms with E-state index in [4.69, 9.17) is 23.7 Å². The molecule has 9 heteroatoms. The van der Waals surface area contributed by atoms with Crippen LogP contribution in [-0.4, -0.2) is 61.4 Å². The Morgan fingerprint density at radius 1 is 1.29 bits per heavy atom. The highest BCUT2D eigenvalue weighted by Gasteiger charge is 2.75. The van der Waals surface area contributed by atoms with E-state index in [-0.39, 0.29) is 18.2 Å². The zero-order valence-electron chi connectivity index (χ0n) is 19.1. The van der Waals surface area contributed by atoms with Gasteiger partial charge in [0.15, 0.2) is 6.29 Å². The highest BCUT2D eigenvalue weighted by atomic mass is 16.7. The molecule has 174 valence electrons. The Balaban J connectivity index is 2.10. The maximum atomic E-state index is 13.4. The molecule has 1 N–H and O–H groups in total. The molecule has 1 aliphatic carbocycles. The van der Waals surface area contributed by atoms with Gasteiger partial charge in [-0.25, -0.2) is 9.59 Å². The molecule has 6 atom stereocenters. The number of hydrogen-bond donors (Lipinski definition) is 1. The van der Waals surface area contributed by atoms with Crippen LogP contribution in [0.25, 0.3) is 0 Å². The van der Waals surface area contributed by atoms with Gasteiger partial charge in [-0.1, -0.05) is 12.2 Å². The van der Waals surface area contributed by atoms with Crippen molar-refractivity contribution in [2.24, 2.45) is 11.8 Å². The number of rotatable bonds is 5. The fourth-order valence-electron chi connectivity index (χ4n) is 4.95. The Kier molecular flexibility index (Phi) is 6.40. The molecule has 0 spiro atoms. The van der Waals surface area contributed by atoms with Crippen LogP contribution in [0.3, 0.4) is 0 Å². The van der Waals surface area contributed by atoms with Crippen LogP contribution in [0, 0.1) is 11.8 Å². The molecule has 0 aromatic heterocycles. The Hall–Kier alpha value is -2.13. The molecular formula is C22H33NO8. The number of carbonyl (C=O) groups excluding carboxylic acids is 3. The largest absolute Gasteiger partial charge is 0.509 e. The molecule has 2 fully saturated rings. The smallest absolute Gasteiger partial charge is 0.467 e. The summed E-state index contributed by atoms with van der Waals surface area (Å²) < 4.78 is 27.8. The Morgan fingerprint density at radius 3 is 2.55 bits per heavy atom. The third-order valence-electron chi connectivity index (χ3n) is 6.38. The Morgan fingerprint density at radius 2 is 2.00 bits per heavy atom. The number of carbonyl (C=O) groups is 3. The highest BCUT2D eigenvalue weighted by molar-refractivity contribution is 5.97. The van der Waals surface area contributed by atoms with Crippen molar-refractivity contribution in [2.45, 2.75) is 82.5 Å². The summed E-state index contributed by atoms with van der Waals surface area (Å²) >= 11 is 0. The average Bonchev–Trinajstić information content (AvgIpc) is 3.16. The van der Waals surface area contributed by atoms with E-state index in [0.717, 1.165) is 12.8 Å². The summed E-state index contributed by atoms with van der Waals surface area (Å²) in [6, 6.07) is 0. The van der Waals surface area contributed by atoms with E-state index in [9.17, 15) is 14.4 Å². The minimum absolute atomic E-state index is 0.275. The van der Waals surface area contributed by atoms with Gasteiger partial charge in [0.05, 0.1) is 13.0 Å². The first-order chi connectivity index (χ1) is 14.5. The summed E-state index contributed by atoms with van der Waals surface area (Å²) in [5.41, 5.74) is -3.91. The van der Waals surface area contributed by atoms with Gasteiger partial charge in [-0.3, -0.25) is 4.79 Å². The topological polar surface area (TPSA) is 109 Å². The molecule has 3 rings (SSSR count). The first-order valence-corrected chi connectivity index (χ1v) is 10.7. The van der Waals surface area contributed by atoms with Crippen molar-refractivity contribution in [2.75, 3.05) is 14.2 Å². The first kappa shape index (κ1) is 23.5. The molecule has 0 bridgehead atoms. The lowest BCUT2D eigenvalue weighted by Gasteiger charge is -2.46. The van der Waals surface area contributed by atoms with E-state index in [1.807, 2.05) is 12.2 Å². The number of esters is 1. The second kappa shape index (κ2) is 8.43. The number of ether oxygens (including phenoxy) is 5. The fourth-order valence-corrected chi connectivity index (χ4v) is 4.95. The predicted molar refractivity (Wildman–Crippen MR) is 109 cm³/mol. The van der Waals surface area contributed by atoms with Crippen LogP contribution in [0.15, 0.2) is 12.2 Å². The molecule has 0 aromatic rings. The van der Waals surface area contributed by atoms with Gasteiger partial charge in [0.2, 0.25) is 11.4 Å². The minimum Gasteiger partial charge on any atom is -0.467 e. The number of fused-ring (bicyclic) bond motifs is 1. The van der Waals surface area contributed by atoms with Crippen LogP contribution in [0.4, 0.5) is 4.79 Å². The zero-order chi connectivity index (χ0) is 23.0. The molecule has 2 saturated heterocycles. The molecule has 0 aromatic carbocycles. The van der Waals surface area contributed by atoms with Gasteiger partial charge in [0.25, 0.3) is 0 Å². The monoisotopic (exact) mass is 439 g/mol. The molecule has 0 saturated carbocycles. The van der Waals surface area contributed by atoms with Crippen LogP contribution >= 0.6 is 0 Å². The van der Waals surface area contributed by atoms with Crippen LogP contribution in [0.1, 0.15) is 53.4 Å². The second-order valence-electron chi connectivity index (χ2n) is 9.49. The van der Waals surface area contributed by atoms with Gasteiger partial charge in [0.1, 0.15) is 17.3 Å². The predicted octanol–water partition coefficient (Wildman–Crippen LogP) is 2.47. The minimum atomic E-state index is -1.76. The van der Waals surface area contributed by atoms with E-state index in [1.54, 1.807) is 27.7 Å². The van der Waals surface area contributed by atoms with Crippen molar-refractivity contribution in [3.05, 3.63) is 12.2 Å². The van der Waals surface area contributed by atoms with Crippen molar-refractivity contribution in [1.82, 2.24) is 5.32 Å². The maximum absolute atomic E-state index is 13.4. The van der Waals surface area contributed by atoms with Gasteiger partial charge < -0.3 is 29.0 Å². The molecule has 1 amide bonds. The summed E-state index contributed by atoms with van der Waals surface area (Å²) in [5, 5.41) is 2.81. The molecule has 3 aliphatic rings. The van der Waals surface area contributed by atoms with Crippen molar-refractivity contribution >= 4 is 18.0 Å². The lowest BCUT2D eigenvalue weighted by molar-refractivity contribution is -0.206. The van der Waals surface area contributed by atoms with Crippen molar-refractivity contribution in [3.63, 3.8) is 0 Å². The van der Waals surface area contributed by atoms with Gasteiger partial charge in [-0.15, -0.1) is 0 Å². The summed E-state index contributed by atoms with van der Waals surface area (Å²) in [7, 11) is 2.71. The summed E-state index contributed by atoms with van der Waals surface area (Å²) in [6.07, 6.45) is 3.86. The number of amides is 1. The molecular weight excluding hydrogens is 406 g/mol. The molecule has 0 radical (unpaired) electrons. The second-order valence-corrected chi connectivity index (χ2v) is 9.49. The number of nitrogens with one attached hydrogen (secondary N) is 1. The highest BCUT2D eigenvalue weighted by Crippen LogP contribution is 2.52. The number of allylic oxidation sites excluding steroid dienone is 1. The van der Waals surface area contributed by atoms with Gasteiger partial charge in [-0.2, -0.15) is 0 Å². The van der Waals surface area contributed by atoms with Crippen LogP contribution in [0.2, 0.25) is 0 Å². The van der Waals surface area contributed by atoms with Gasteiger partial charge in [-0.05, 0) is 47.0 Å². The van der Waals surface area contributed by atoms with E-state index >= 15 is 0 Å². The summed E-state index contributed by atoms with van der Waals surface area (Å²) in [6.45, 7) is 6.83. The van der Waals surface area contributed by atoms with Gasteiger partial charge >= 0.3 is 12.1 Å². The Bertz CT molecular complexity index is 759. The molecule has 2 aliphatic heterocycles. The van der Waals surface area contributed by atoms with Crippen LogP contribution in [-0.2, 0) is 33.3 Å². The van der Waals surface area contributed by atoms with Crippen molar-refractivity contribution < 1.29 is 38.1 Å². The van der Waals surface area contributed by atoms with E-state index < -0.39 is 47.2 Å². The average molecular weight is 440 g/mol. The zero-order valence-corrected chi connectivity index (χ0v) is 19.1. The quantitative estimate of drug-likeness (QED) is 0.514. The molecule has 9 nitrogen and oxygen atoms in total. The third kappa shape index (κ3) is 4.05. The van der Waals surface area contributed by atoms with E-state index in [0.29, 0.717) is 6.42 Å². The van der Waals surface area contributed by atoms with Crippen molar-refractivity contribution in [1.29, 1.82) is 0 Å². The molecule has 31 heavy (non-hydrogen) atoms.